The molecule has 0 heterocycles. The van der Waals surface area contributed by atoms with E-state index in [-0.39, 0.29) is 16.9 Å². The number of aryl methyl sites for hydroxylation is 1. The summed E-state index contributed by atoms with van der Waals surface area (Å²) in [6.07, 6.45) is 10.9. The molecule has 0 unspecified atom stereocenters. The van der Waals surface area contributed by atoms with Crippen LogP contribution < -0.4 is 0 Å². The van der Waals surface area contributed by atoms with E-state index in [9.17, 15) is 18.6 Å². The van der Waals surface area contributed by atoms with Crippen LogP contribution in [0.4, 0.5) is 0 Å². The third-order valence-corrected chi connectivity index (χ3v) is 12.6. The number of fused-ring (bicyclic) bond motifs is 4. The van der Waals surface area contributed by atoms with E-state index in [0.29, 0.717) is 30.1 Å². The fraction of sp³-hybridized carbons (Fsp3) is 0.742. The highest BCUT2D eigenvalue weighted by molar-refractivity contribution is 7.86. The highest BCUT2D eigenvalue weighted by Gasteiger charge is 2.62. The summed E-state index contributed by atoms with van der Waals surface area (Å²) in [7, 11) is -3.71. The zero-order valence-electron chi connectivity index (χ0n) is 23.1. The van der Waals surface area contributed by atoms with Gasteiger partial charge < -0.3 is 10.2 Å². The van der Waals surface area contributed by atoms with Gasteiger partial charge in [0.25, 0.3) is 10.1 Å². The maximum absolute atomic E-state index is 12.5. The molecule has 0 amide bonds. The van der Waals surface area contributed by atoms with E-state index in [0.717, 1.165) is 63.4 Å². The average molecular weight is 531 g/mol. The normalized spacial score (nSPS) is 36.0. The maximum Gasteiger partial charge on any atom is 0.296 e. The fourth-order valence-electron chi connectivity index (χ4n) is 9.10. The van der Waals surface area contributed by atoms with Gasteiger partial charge in [0, 0.05) is 11.8 Å². The minimum Gasteiger partial charge on any atom is -0.365 e. The highest BCUT2D eigenvalue weighted by Crippen LogP contribution is 2.67. The summed E-state index contributed by atoms with van der Waals surface area (Å²) in [5.74, 6) is 0.197. The van der Waals surface area contributed by atoms with Crippen molar-refractivity contribution in [1.29, 1.82) is 0 Å². The van der Waals surface area contributed by atoms with Gasteiger partial charge in [-0.1, -0.05) is 49.6 Å². The van der Waals surface area contributed by atoms with E-state index >= 15 is 0 Å². The quantitative estimate of drug-likeness (QED) is 0.181. The van der Waals surface area contributed by atoms with Crippen molar-refractivity contribution in [3.8, 4) is 0 Å². The Morgan fingerprint density at radius 1 is 1.03 bits per heavy atom. The van der Waals surface area contributed by atoms with Gasteiger partial charge in [0.2, 0.25) is 0 Å². The summed E-state index contributed by atoms with van der Waals surface area (Å²) in [6, 6.07) is 6.80. The van der Waals surface area contributed by atoms with Gasteiger partial charge in [-0.25, -0.2) is 0 Å². The van der Waals surface area contributed by atoms with E-state index in [1.807, 2.05) is 6.92 Å². The molecule has 3 fully saturated rings. The van der Waals surface area contributed by atoms with E-state index in [2.05, 4.69) is 20.8 Å². The van der Waals surface area contributed by atoms with Crippen LogP contribution in [0.1, 0.15) is 97.0 Å². The summed E-state index contributed by atoms with van der Waals surface area (Å²) >= 11 is 0. The smallest absolute Gasteiger partial charge is 0.296 e. The molecule has 6 atom stereocenters. The lowest BCUT2D eigenvalue weighted by molar-refractivity contribution is -0.293. The lowest BCUT2D eigenvalue weighted by atomic mass is 9.47. The minimum absolute atomic E-state index is 0.172. The predicted octanol–water partition coefficient (Wildman–Crippen LogP) is 6.52. The summed E-state index contributed by atoms with van der Waals surface area (Å²) < 4.78 is 30.4. The molecule has 1 aromatic rings. The van der Waals surface area contributed by atoms with Crippen LogP contribution in [0.25, 0.3) is 0 Å². The van der Waals surface area contributed by atoms with Crippen molar-refractivity contribution in [2.45, 2.75) is 109 Å². The molecule has 0 aromatic heterocycles. The van der Waals surface area contributed by atoms with E-state index < -0.39 is 21.3 Å². The summed E-state index contributed by atoms with van der Waals surface area (Å²) in [5.41, 5.74) is 3.95. The van der Waals surface area contributed by atoms with Crippen molar-refractivity contribution < 1.29 is 22.8 Å². The molecular formula is C31H46O5S. The number of hydrogen-bond acceptors (Lipinski definition) is 5. The van der Waals surface area contributed by atoms with E-state index in [4.69, 9.17) is 4.18 Å². The Balaban J connectivity index is 1.25. The highest BCUT2D eigenvalue weighted by atomic mass is 32.2. The van der Waals surface area contributed by atoms with Gasteiger partial charge >= 0.3 is 0 Å². The van der Waals surface area contributed by atoms with Crippen LogP contribution in [0.3, 0.4) is 0 Å². The van der Waals surface area contributed by atoms with Gasteiger partial charge in [-0.2, -0.15) is 8.42 Å². The Hall–Kier alpha value is -1.21. The summed E-state index contributed by atoms with van der Waals surface area (Å²) in [6.45, 7) is 9.11. The van der Waals surface area contributed by atoms with Crippen LogP contribution in [-0.2, 0) is 14.3 Å². The van der Waals surface area contributed by atoms with Crippen molar-refractivity contribution in [2.75, 3.05) is 6.61 Å². The Morgan fingerprint density at radius 3 is 2.49 bits per heavy atom. The molecule has 2 N–H and O–H groups in total. The van der Waals surface area contributed by atoms with Crippen molar-refractivity contribution in [1.82, 2.24) is 0 Å². The Morgan fingerprint density at radius 2 is 1.76 bits per heavy atom. The first kappa shape index (κ1) is 27.4. The maximum atomic E-state index is 12.5. The second-order valence-electron chi connectivity index (χ2n) is 13.1. The molecule has 5 rings (SSSR count). The van der Waals surface area contributed by atoms with Crippen LogP contribution in [0, 0.1) is 41.4 Å². The molecule has 0 saturated heterocycles. The van der Waals surface area contributed by atoms with Crippen molar-refractivity contribution in [3.05, 3.63) is 41.0 Å². The Labute approximate surface area is 223 Å². The van der Waals surface area contributed by atoms with Crippen molar-refractivity contribution in [3.63, 3.8) is 0 Å². The third kappa shape index (κ3) is 4.54. The molecule has 5 nitrogen and oxygen atoms in total. The number of hydrogen-bond donors (Lipinski definition) is 2. The van der Waals surface area contributed by atoms with Crippen molar-refractivity contribution in [2.24, 2.45) is 34.5 Å². The first-order valence-corrected chi connectivity index (χ1v) is 15.9. The van der Waals surface area contributed by atoms with Crippen LogP contribution in [0.5, 0.6) is 0 Å². The van der Waals surface area contributed by atoms with Crippen LogP contribution in [-0.4, -0.2) is 31.0 Å². The summed E-state index contributed by atoms with van der Waals surface area (Å²) in [4.78, 5) is 0.221. The SMILES string of the molecule is Cc1ccc(S(=O)(=O)OCCC[C@@H](C)[C@H]2CCC3=C4CC[C@@H]5CCCC(O)(O)[C@]5(C)[C@H]4CC[C@@]32C)cc1. The zero-order valence-corrected chi connectivity index (χ0v) is 23.9. The van der Waals surface area contributed by atoms with E-state index in [1.165, 1.54) is 6.42 Å². The number of allylic oxidation sites excluding steroid dienone is 2. The number of aliphatic hydroxyl groups is 2. The molecule has 37 heavy (non-hydrogen) atoms. The van der Waals surface area contributed by atoms with Crippen LogP contribution in [0.2, 0.25) is 0 Å². The molecular weight excluding hydrogens is 484 g/mol. The molecule has 0 radical (unpaired) electrons. The molecule has 0 spiro atoms. The molecule has 1 aromatic carbocycles. The zero-order chi connectivity index (χ0) is 26.6. The van der Waals surface area contributed by atoms with Gasteiger partial charge in [0.15, 0.2) is 5.79 Å². The standard InChI is InChI=1S/C31H46O5S/c1-21-9-12-24(13-10-21)37(34,35)36-20-6-7-22(2)26-15-16-27-25-14-11-23-8-5-18-31(32,33)30(23,4)28(25)17-19-29(26,27)3/h9-10,12-13,22-23,26,28,32-33H,5-8,11,14-20H2,1-4H3/t22-,23+,26-,28+,29-,30+/m1/s1. The monoisotopic (exact) mass is 530 g/mol. The molecule has 206 valence electrons. The topological polar surface area (TPSA) is 83.8 Å². The molecule has 4 aliphatic carbocycles. The predicted molar refractivity (Wildman–Crippen MR) is 145 cm³/mol. The number of rotatable bonds is 7. The lowest BCUT2D eigenvalue weighted by Crippen LogP contribution is -2.60. The second-order valence-corrected chi connectivity index (χ2v) is 14.7. The Bertz CT molecular complexity index is 1140. The largest absolute Gasteiger partial charge is 0.365 e. The van der Waals surface area contributed by atoms with Crippen LogP contribution in [0.15, 0.2) is 40.3 Å². The minimum atomic E-state index is -3.71. The summed E-state index contributed by atoms with van der Waals surface area (Å²) in [5, 5.41) is 22.3. The van der Waals surface area contributed by atoms with Crippen LogP contribution >= 0.6 is 0 Å². The first-order chi connectivity index (χ1) is 17.4. The molecule has 6 heteroatoms. The van der Waals surface area contributed by atoms with Crippen molar-refractivity contribution >= 4 is 10.1 Å². The van der Waals surface area contributed by atoms with Gasteiger partial charge in [-0.15, -0.1) is 0 Å². The average Bonchev–Trinajstić information content (AvgIpc) is 3.20. The molecule has 4 aliphatic rings. The lowest BCUT2D eigenvalue weighted by Gasteiger charge is -2.60. The second kappa shape index (κ2) is 9.76. The van der Waals surface area contributed by atoms with Gasteiger partial charge in [0.1, 0.15) is 0 Å². The van der Waals surface area contributed by atoms with E-state index in [1.54, 1.807) is 35.4 Å². The molecule has 3 saturated carbocycles. The molecule has 0 aliphatic heterocycles. The fourth-order valence-corrected chi connectivity index (χ4v) is 10.0. The van der Waals surface area contributed by atoms with Gasteiger partial charge in [-0.3, -0.25) is 4.18 Å². The third-order valence-electron chi connectivity index (χ3n) is 11.3. The Kier molecular flexibility index (Phi) is 7.22. The molecule has 0 bridgehead atoms. The first-order valence-electron chi connectivity index (χ1n) is 14.5. The number of benzene rings is 1. The van der Waals surface area contributed by atoms with Gasteiger partial charge in [0.05, 0.1) is 11.5 Å². The van der Waals surface area contributed by atoms with Gasteiger partial charge in [-0.05, 0) is 112 Å².